The predicted molar refractivity (Wildman–Crippen MR) is 112 cm³/mol. The van der Waals surface area contributed by atoms with Gasteiger partial charge in [-0.05, 0) is 38.0 Å². The number of carbonyl (C=O) groups excluding carboxylic acids is 1. The van der Waals surface area contributed by atoms with Crippen LogP contribution < -0.4 is 10.1 Å². The Morgan fingerprint density at radius 1 is 1.27 bits per heavy atom. The molecule has 0 atom stereocenters. The first-order chi connectivity index (χ1) is 14.6. The lowest BCUT2D eigenvalue weighted by Crippen LogP contribution is -2.43. The standard InChI is InChI=1S/C22H25N5O3/c1-15-24-22(30-26-15)17-7-10-23-20(13-17)25-18-8-11-27(12-9-18)21(28)14-16-5-3-4-6-19(16)29-2/h3-7,10,13,18H,8-9,11-12,14H2,1-2H3,(H,23,25). The van der Waals surface area contributed by atoms with Crippen LogP contribution in [-0.4, -0.2) is 52.2 Å². The molecule has 3 aromatic rings. The van der Waals surface area contributed by atoms with E-state index >= 15 is 0 Å². The molecule has 2 aromatic heterocycles. The summed E-state index contributed by atoms with van der Waals surface area (Å²) in [5.41, 5.74) is 1.75. The highest BCUT2D eigenvalue weighted by molar-refractivity contribution is 5.79. The van der Waals surface area contributed by atoms with Crippen molar-refractivity contribution in [3.8, 4) is 17.2 Å². The van der Waals surface area contributed by atoms with Crippen molar-refractivity contribution in [1.82, 2.24) is 20.0 Å². The monoisotopic (exact) mass is 407 g/mol. The van der Waals surface area contributed by atoms with Crippen molar-refractivity contribution in [3.63, 3.8) is 0 Å². The van der Waals surface area contributed by atoms with E-state index in [1.807, 2.05) is 41.3 Å². The van der Waals surface area contributed by atoms with Crippen LogP contribution in [0.4, 0.5) is 5.82 Å². The van der Waals surface area contributed by atoms with Gasteiger partial charge in [0.15, 0.2) is 5.82 Å². The van der Waals surface area contributed by atoms with E-state index in [1.165, 1.54) is 0 Å². The lowest BCUT2D eigenvalue weighted by molar-refractivity contribution is -0.131. The molecule has 1 aromatic carbocycles. The Labute approximate surface area is 175 Å². The molecule has 0 aliphatic carbocycles. The summed E-state index contributed by atoms with van der Waals surface area (Å²) < 4.78 is 10.6. The Morgan fingerprint density at radius 3 is 2.80 bits per heavy atom. The molecule has 0 radical (unpaired) electrons. The maximum atomic E-state index is 12.7. The quantitative estimate of drug-likeness (QED) is 0.671. The molecule has 0 spiro atoms. The van der Waals surface area contributed by atoms with Gasteiger partial charge in [-0.25, -0.2) is 4.98 Å². The summed E-state index contributed by atoms with van der Waals surface area (Å²) in [6.07, 6.45) is 3.81. The lowest BCUT2D eigenvalue weighted by atomic mass is 10.0. The van der Waals surface area contributed by atoms with Crippen LogP contribution in [0.25, 0.3) is 11.5 Å². The van der Waals surface area contributed by atoms with Crippen LogP contribution >= 0.6 is 0 Å². The molecule has 3 heterocycles. The van der Waals surface area contributed by atoms with E-state index in [9.17, 15) is 4.79 Å². The Bertz CT molecular complexity index is 1010. The minimum atomic E-state index is 0.129. The van der Waals surface area contributed by atoms with Crippen molar-refractivity contribution in [2.45, 2.75) is 32.2 Å². The number of amides is 1. The van der Waals surface area contributed by atoms with Gasteiger partial charge in [-0.3, -0.25) is 4.79 Å². The van der Waals surface area contributed by atoms with Gasteiger partial charge in [0.05, 0.1) is 13.5 Å². The highest BCUT2D eigenvalue weighted by atomic mass is 16.5. The van der Waals surface area contributed by atoms with Crippen molar-refractivity contribution >= 4 is 11.7 Å². The van der Waals surface area contributed by atoms with Crippen molar-refractivity contribution < 1.29 is 14.1 Å². The first kappa shape index (κ1) is 19.9. The van der Waals surface area contributed by atoms with Crippen LogP contribution in [0.15, 0.2) is 47.1 Å². The fraction of sp³-hybridized carbons (Fsp3) is 0.364. The fourth-order valence-electron chi connectivity index (χ4n) is 3.66. The Balaban J connectivity index is 1.32. The number of ether oxygens (including phenoxy) is 1. The number of para-hydroxylation sites is 1. The number of anilines is 1. The molecule has 4 rings (SSSR count). The minimum Gasteiger partial charge on any atom is -0.496 e. The van der Waals surface area contributed by atoms with E-state index in [0.717, 1.165) is 35.5 Å². The van der Waals surface area contributed by atoms with E-state index in [0.29, 0.717) is 31.2 Å². The summed E-state index contributed by atoms with van der Waals surface area (Å²) in [4.78, 5) is 23.3. The summed E-state index contributed by atoms with van der Waals surface area (Å²) in [5, 5.41) is 7.30. The number of methoxy groups -OCH3 is 1. The van der Waals surface area contributed by atoms with Crippen molar-refractivity contribution in [2.75, 3.05) is 25.5 Å². The van der Waals surface area contributed by atoms with E-state index in [4.69, 9.17) is 9.26 Å². The molecule has 1 aliphatic rings. The summed E-state index contributed by atoms with van der Waals surface area (Å²) in [7, 11) is 1.63. The van der Waals surface area contributed by atoms with Gasteiger partial charge in [-0.15, -0.1) is 0 Å². The number of hydrogen-bond acceptors (Lipinski definition) is 7. The molecule has 0 saturated carbocycles. The van der Waals surface area contributed by atoms with Crippen molar-refractivity contribution in [3.05, 3.63) is 54.0 Å². The van der Waals surface area contributed by atoms with Crippen LogP contribution in [0, 0.1) is 6.92 Å². The predicted octanol–water partition coefficient (Wildman–Crippen LogP) is 3.09. The second kappa shape index (κ2) is 8.94. The summed E-state index contributed by atoms with van der Waals surface area (Å²) in [5.74, 6) is 2.73. The molecule has 0 bridgehead atoms. The summed E-state index contributed by atoms with van der Waals surface area (Å²) >= 11 is 0. The number of pyridine rings is 1. The fourth-order valence-corrected chi connectivity index (χ4v) is 3.66. The third-order valence-electron chi connectivity index (χ3n) is 5.27. The minimum absolute atomic E-state index is 0.129. The third kappa shape index (κ3) is 4.59. The second-order valence-electron chi connectivity index (χ2n) is 7.36. The van der Waals surface area contributed by atoms with Gasteiger partial charge in [0.25, 0.3) is 5.89 Å². The van der Waals surface area contributed by atoms with Crippen molar-refractivity contribution in [1.29, 1.82) is 0 Å². The Kier molecular flexibility index (Phi) is 5.92. The molecule has 8 heteroatoms. The molecule has 1 fully saturated rings. The van der Waals surface area contributed by atoms with Gasteiger partial charge in [0, 0.05) is 36.5 Å². The zero-order chi connectivity index (χ0) is 20.9. The number of nitrogens with one attached hydrogen (secondary N) is 1. The molecular formula is C22H25N5O3. The van der Waals surface area contributed by atoms with E-state index < -0.39 is 0 Å². The number of rotatable bonds is 6. The number of benzene rings is 1. The normalized spacial score (nSPS) is 14.5. The first-order valence-corrected chi connectivity index (χ1v) is 10.1. The van der Waals surface area contributed by atoms with Crippen LogP contribution in [0.2, 0.25) is 0 Å². The molecule has 30 heavy (non-hydrogen) atoms. The van der Waals surface area contributed by atoms with E-state index in [1.54, 1.807) is 20.2 Å². The van der Waals surface area contributed by atoms with E-state index in [-0.39, 0.29) is 11.9 Å². The van der Waals surface area contributed by atoms with Crippen LogP contribution in [0.3, 0.4) is 0 Å². The number of likely N-dealkylation sites (tertiary alicyclic amines) is 1. The van der Waals surface area contributed by atoms with Gasteiger partial charge in [0.1, 0.15) is 11.6 Å². The number of aromatic nitrogens is 3. The number of nitrogens with zero attached hydrogens (tertiary/aromatic N) is 4. The maximum Gasteiger partial charge on any atom is 0.258 e. The third-order valence-corrected chi connectivity index (χ3v) is 5.27. The largest absolute Gasteiger partial charge is 0.496 e. The van der Waals surface area contributed by atoms with Gasteiger partial charge >= 0.3 is 0 Å². The number of carbonyl (C=O) groups is 1. The smallest absolute Gasteiger partial charge is 0.258 e. The SMILES string of the molecule is COc1ccccc1CC(=O)N1CCC(Nc2cc(-c3nc(C)no3)ccn2)CC1. The van der Waals surface area contributed by atoms with Crippen molar-refractivity contribution in [2.24, 2.45) is 0 Å². The van der Waals surface area contributed by atoms with Gasteiger partial charge in [-0.1, -0.05) is 23.4 Å². The molecule has 1 saturated heterocycles. The molecule has 1 N–H and O–H groups in total. The topological polar surface area (TPSA) is 93.4 Å². The summed E-state index contributed by atoms with van der Waals surface area (Å²) in [6, 6.07) is 11.7. The van der Waals surface area contributed by atoms with Gasteiger partial charge in [0.2, 0.25) is 5.91 Å². The Hall–Kier alpha value is -3.42. The van der Waals surface area contributed by atoms with Crippen LogP contribution in [-0.2, 0) is 11.2 Å². The highest BCUT2D eigenvalue weighted by Gasteiger charge is 2.24. The molecule has 1 aliphatic heterocycles. The number of piperidine rings is 1. The zero-order valence-corrected chi connectivity index (χ0v) is 17.2. The van der Waals surface area contributed by atoms with E-state index in [2.05, 4.69) is 20.4 Å². The van der Waals surface area contributed by atoms with Gasteiger partial charge in [-0.2, -0.15) is 4.98 Å². The van der Waals surface area contributed by atoms with Crippen LogP contribution in [0.5, 0.6) is 5.75 Å². The molecule has 156 valence electrons. The van der Waals surface area contributed by atoms with Gasteiger partial charge < -0.3 is 19.5 Å². The number of aryl methyl sites for hydroxylation is 1. The molecular weight excluding hydrogens is 382 g/mol. The lowest BCUT2D eigenvalue weighted by Gasteiger charge is -2.33. The molecule has 0 unspecified atom stereocenters. The first-order valence-electron chi connectivity index (χ1n) is 10.1. The zero-order valence-electron chi connectivity index (χ0n) is 17.2. The van der Waals surface area contributed by atoms with Crippen LogP contribution in [0.1, 0.15) is 24.2 Å². The molecule has 8 nitrogen and oxygen atoms in total. The Morgan fingerprint density at radius 2 is 2.07 bits per heavy atom. The summed E-state index contributed by atoms with van der Waals surface area (Å²) in [6.45, 7) is 3.22. The molecule has 1 amide bonds. The second-order valence-corrected chi connectivity index (χ2v) is 7.36. The number of hydrogen-bond donors (Lipinski definition) is 1. The highest BCUT2D eigenvalue weighted by Crippen LogP contribution is 2.23. The average molecular weight is 407 g/mol. The maximum absolute atomic E-state index is 12.7. The average Bonchev–Trinajstić information content (AvgIpc) is 3.21.